The van der Waals surface area contributed by atoms with Gasteiger partial charge in [-0.15, -0.1) is 0 Å². The molecule has 5 rings (SSSR count). The Bertz CT molecular complexity index is 1080. The molecule has 0 radical (unpaired) electrons. The van der Waals surface area contributed by atoms with Crippen molar-refractivity contribution in [3.05, 3.63) is 71.3 Å². The molecule has 136 valence electrons. The summed E-state index contributed by atoms with van der Waals surface area (Å²) < 4.78 is 12.4. The summed E-state index contributed by atoms with van der Waals surface area (Å²) in [6.07, 6.45) is 0.361. The van der Waals surface area contributed by atoms with E-state index >= 15 is 0 Å². The molecule has 0 aliphatic carbocycles. The lowest BCUT2D eigenvalue weighted by Gasteiger charge is -2.46. The highest BCUT2D eigenvalue weighted by molar-refractivity contribution is 5.59. The van der Waals surface area contributed by atoms with Crippen LogP contribution in [-0.2, 0) is 5.79 Å². The molecule has 0 saturated heterocycles. The molecule has 6 heteroatoms. The van der Waals surface area contributed by atoms with E-state index in [-0.39, 0.29) is 28.9 Å². The van der Waals surface area contributed by atoms with Crippen molar-refractivity contribution in [1.29, 1.82) is 0 Å². The second-order valence-corrected chi connectivity index (χ2v) is 6.83. The highest BCUT2D eigenvalue weighted by Crippen LogP contribution is 2.57. The monoisotopic (exact) mass is 364 g/mol. The standard InChI is InChI=1S/C21H16O6/c22-12-8-17(25)20-14-10-21(27-19(20)9-12,11-5-6-15(23)16(24)7-11)26-18-4-2-1-3-13(14)18/h1-9,14,22-25H,10H2. The van der Waals surface area contributed by atoms with Crippen molar-refractivity contribution in [2.45, 2.75) is 18.1 Å². The summed E-state index contributed by atoms with van der Waals surface area (Å²) in [5.74, 6) is -1.27. The average Bonchev–Trinajstić information content (AvgIpc) is 2.63. The number of hydrogen-bond acceptors (Lipinski definition) is 6. The first-order valence-electron chi connectivity index (χ1n) is 8.52. The Kier molecular flexibility index (Phi) is 3.04. The third kappa shape index (κ3) is 2.19. The summed E-state index contributed by atoms with van der Waals surface area (Å²) in [6, 6.07) is 14.6. The molecule has 3 aromatic carbocycles. The van der Waals surface area contributed by atoms with Crippen LogP contribution in [0.15, 0.2) is 54.6 Å². The number of phenolic OH excluding ortho intramolecular Hbond substituents is 4. The largest absolute Gasteiger partial charge is 0.508 e. The second kappa shape index (κ2) is 5.23. The van der Waals surface area contributed by atoms with E-state index < -0.39 is 5.79 Å². The van der Waals surface area contributed by atoms with Gasteiger partial charge in [0.05, 0.1) is 0 Å². The number of phenols is 4. The molecule has 2 aliphatic rings. The van der Waals surface area contributed by atoms with E-state index in [0.717, 1.165) is 5.56 Å². The van der Waals surface area contributed by atoms with Gasteiger partial charge in [0.2, 0.25) is 0 Å². The van der Waals surface area contributed by atoms with Crippen LogP contribution in [-0.4, -0.2) is 20.4 Å². The van der Waals surface area contributed by atoms with Crippen molar-refractivity contribution in [2.24, 2.45) is 0 Å². The first kappa shape index (κ1) is 15.7. The minimum Gasteiger partial charge on any atom is -0.508 e. The first-order chi connectivity index (χ1) is 13.0. The van der Waals surface area contributed by atoms with Crippen LogP contribution in [0.1, 0.15) is 29.0 Å². The molecule has 0 spiro atoms. The molecule has 0 fully saturated rings. The normalized spacial score (nSPS) is 22.1. The minimum atomic E-state index is -1.27. The van der Waals surface area contributed by atoms with Crippen LogP contribution in [0.3, 0.4) is 0 Å². The van der Waals surface area contributed by atoms with Crippen molar-refractivity contribution < 1.29 is 29.9 Å². The summed E-state index contributed by atoms with van der Waals surface area (Å²) in [5, 5.41) is 40.0. The fourth-order valence-electron chi connectivity index (χ4n) is 3.99. The van der Waals surface area contributed by atoms with E-state index in [0.29, 0.717) is 29.0 Å². The summed E-state index contributed by atoms with van der Waals surface area (Å²) >= 11 is 0. The zero-order valence-electron chi connectivity index (χ0n) is 14.1. The molecular formula is C21H16O6. The van der Waals surface area contributed by atoms with Gasteiger partial charge in [0, 0.05) is 41.2 Å². The smallest absolute Gasteiger partial charge is 0.279 e. The molecule has 2 aliphatic heterocycles. The highest BCUT2D eigenvalue weighted by atomic mass is 16.7. The number of para-hydroxylation sites is 1. The van der Waals surface area contributed by atoms with Gasteiger partial charge in [-0.25, -0.2) is 0 Å². The predicted molar refractivity (Wildman–Crippen MR) is 95.4 cm³/mol. The minimum absolute atomic E-state index is 0.0474. The van der Waals surface area contributed by atoms with Gasteiger partial charge < -0.3 is 29.9 Å². The number of aromatic hydroxyl groups is 4. The zero-order chi connectivity index (χ0) is 18.8. The molecule has 2 bridgehead atoms. The Morgan fingerprint density at radius 2 is 1.56 bits per heavy atom. The number of benzene rings is 3. The molecule has 27 heavy (non-hydrogen) atoms. The quantitative estimate of drug-likeness (QED) is 0.492. The van der Waals surface area contributed by atoms with Crippen LogP contribution < -0.4 is 9.47 Å². The van der Waals surface area contributed by atoms with Gasteiger partial charge in [0.1, 0.15) is 23.0 Å². The van der Waals surface area contributed by atoms with Crippen LogP contribution in [0.5, 0.6) is 34.5 Å². The van der Waals surface area contributed by atoms with Gasteiger partial charge in [0.25, 0.3) is 5.79 Å². The Hall–Kier alpha value is -3.54. The Balaban J connectivity index is 1.77. The van der Waals surface area contributed by atoms with Gasteiger partial charge >= 0.3 is 0 Å². The second-order valence-electron chi connectivity index (χ2n) is 6.83. The summed E-state index contributed by atoms with van der Waals surface area (Å²) in [6.45, 7) is 0. The molecule has 2 atom stereocenters. The van der Waals surface area contributed by atoms with Gasteiger partial charge in [-0.05, 0) is 24.3 Å². The number of rotatable bonds is 1. The predicted octanol–water partition coefficient (Wildman–Crippen LogP) is 3.67. The maximum atomic E-state index is 10.5. The van der Waals surface area contributed by atoms with Crippen molar-refractivity contribution in [3.8, 4) is 34.5 Å². The first-order valence-corrected chi connectivity index (χ1v) is 8.52. The molecule has 3 aromatic rings. The third-order valence-electron chi connectivity index (χ3n) is 5.19. The van der Waals surface area contributed by atoms with Gasteiger partial charge in [-0.2, -0.15) is 0 Å². The van der Waals surface area contributed by atoms with Crippen LogP contribution in [0.4, 0.5) is 0 Å². The molecule has 0 saturated carbocycles. The topological polar surface area (TPSA) is 99.4 Å². The average molecular weight is 364 g/mol. The van der Waals surface area contributed by atoms with Crippen molar-refractivity contribution in [1.82, 2.24) is 0 Å². The molecule has 0 amide bonds. The summed E-state index contributed by atoms with van der Waals surface area (Å²) in [4.78, 5) is 0. The fourth-order valence-corrected chi connectivity index (χ4v) is 3.99. The van der Waals surface area contributed by atoms with Crippen molar-refractivity contribution >= 4 is 0 Å². The highest BCUT2D eigenvalue weighted by Gasteiger charge is 2.50. The van der Waals surface area contributed by atoms with E-state index in [1.54, 1.807) is 6.07 Å². The van der Waals surface area contributed by atoms with Crippen LogP contribution >= 0.6 is 0 Å². The van der Waals surface area contributed by atoms with Crippen molar-refractivity contribution in [2.75, 3.05) is 0 Å². The summed E-state index contributed by atoms with van der Waals surface area (Å²) in [7, 11) is 0. The lowest BCUT2D eigenvalue weighted by Crippen LogP contribution is -2.46. The lowest BCUT2D eigenvalue weighted by atomic mass is 9.78. The molecule has 4 N–H and O–H groups in total. The Labute approximate surface area is 154 Å². The molecule has 2 heterocycles. The van der Waals surface area contributed by atoms with Crippen LogP contribution in [0.2, 0.25) is 0 Å². The van der Waals surface area contributed by atoms with Gasteiger partial charge in [-0.3, -0.25) is 0 Å². The number of ether oxygens (including phenoxy) is 2. The van der Waals surface area contributed by atoms with Crippen LogP contribution in [0.25, 0.3) is 0 Å². The van der Waals surface area contributed by atoms with E-state index in [2.05, 4.69) is 0 Å². The van der Waals surface area contributed by atoms with Crippen molar-refractivity contribution in [3.63, 3.8) is 0 Å². The van der Waals surface area contributed by atoms with Gasteiger partial charge in [-0.1, -0.05) is 18.2 Å². The molecule has 6 nitrogen and oxygen atoms in total. The third-order valence-corrected chi connectivity index (χ3v) is 5.19. The number of fused-ring (bicyclic) bond motifs is 6. The molecule has 0 aromatic heterocycles. The van der Waals surface area contributed by atoms with E-state index in [4.69, 9.17) is 9.47 Å². The van der Waals surface area contributed by atoms with E-state index in [1.807, 2.05) is 24.3 Å². The van der Waals surface area contributed by atoms with Crippen LogP contribution in [0, 0.1) is 0 Å². The maximum Gasteiger partial charge on any atom is 0.279 e. The fraction of sp³-hybridized carbons (Fsp3) is 0.143. The van der Waals surface area contributed by atoms with E-state index in [9.17, 15) is 20.4 Å². The SMILES string of the molecule is Oc1cc(O)c2c(c1)OC1(c3ccc(O)c(O)c3)CC2c2ccccc2O1. The molecule has 2 unspecified atom stereocenters. The lowest BCUT2D eigenvalue weighted by molar-refractivity contribution is -0.149. The van der Waals surface area contributed by atoms with E-state index in [1.165, 1.54) is 24.3 Å². The van der Waals surface area contributed by atoms with Gasteiger partial charge in [0.15, 0.2) is 11.5 Å². The number of hydrogen-bond donors (Lipinski definition) is 4. The molecular weight excluding hydrogens is 348 g/mol. The zero-order valence-corrected chi connectivity index (χ0v) is 14.1. The Morgan fingerprint density at radius 1 is 0.778 bits per heavy atom. The maximum absolute atomic E-state index is 10.5. The summed E-state index contributed by atoms with van der Waals surface area (Å²) in [5.41, 5.74) is 2.01. The Morgan fingerprint density at radius 3 is 2.37 bits per heavy atom.